The average molecular weight is 279 g/mol. The summed E-state index contributed by atoms with van der Waals surface area (Å²) in [6.45, 7) is 6.18. The molecule has 4 saturated carbocycles. The molecule has 1 atom stereocenters. The van der Waals surface area contributed by atoms with Gasteiger partial charge in [-0.2, -0.15) is 0 Å². The summed E-state index contributed by atoms with van der Waals surface area (Å²) in [5.74, 6) is 4.09. The number of rotatable bonds is 6. The molecule has 1 unspecified atom stereocenters. The van der Waals surface area contributed by atoms with Crippen molar-refractivity contribution in [3.05, 3.63) is 0 Å². The quantitative estimate of drug-likeness (QED) is 0.776. The Bertz CT molecular complexity index is 305. The van der Waals surface area contributed by atoms with Crippen molar-refractivity contribution < 1.29 is 5.11 Å². The molecule has 4 fully saturated rings. The second-order valence-electron chi connectivity index (χ2n) is 8.73. The molecule has 0 radical (unpaired) electrons. The molecule has 4 aliphatic rings. The first-order valence-corrected chi connectivity index (χ1v) is 8.89. The van der Waals surface area contributed by atoms with Gasteiger partial charge < -0.3 is 10.4 Å². The fraction of sp³-hybridized carbons (Fsp3) is 1.00. The topological polar surface area (TPSA) is 32.3 Å². The van der Waals surface area contributed by atoms with E-state index in [1.165, 1.54) is 32.1 Å². The van der Waals surface area contributed by atoms with Gasteiger partial charge in [-0.25, -0.2) is 0 Å². The van der Waals surface area contributed by atoms with E-state index >= 15 is 0 Å². The highest BCUT2D eigenvalue weighted by atomic mass is 16.3. The lowest BCUT2D eigenvalue weighted by molar-refractivity contribution is -0.0176. The van der Waals surface area contributed by atoms with E-state index in [9.17, 15) is 5.11 Å². The zero-order valence-electron chi connectivity index (χ0n) is 13.6. The molecule has 0 amide bonds. The maximum atomic E-state index is 9.80. The maximum Gasteiger partial charge on any atom is 0.0591 e. The fourth-order valence-electron chi connectivity index (χ4n) is 5.45. The Labute approximate surface area is 124 Å². The van der Waals surface area contributed by atoms with Crippen molar-refractivity contribution in [1.82, 2.24) is 5.32 Å². The lowest BCUT2D eigenvalue weighted by Crippen LogP contribution is -2.56. The number of hydrogen-bond acceptors (Lipinski definition) is 2. The minimum Gasteiger partial charge on any atom is -0.390 e. The largest absolute Gasteiger partial charge is 0.390 e. The van der Waals surface area contributed by atoms with Crippen LogP contribution in [0.5, 0.6) is 0 Å². The number of aliphatic hydroxyl groups is 1. The molecular weight excluding hydrogens is 246 g/mol. The summed E-state index contributed by atoms with van der Waals surface area (Å²) in [7, 11) is 0. The Hall–Kier alpha value is -0.0800. The Morgan fingerprint density at radius 3 is 2.10 bits per heavy atom. The summed E-state index contributed by atoms with van der Waals surface area (Å²) in [6, 6.07) is 1.42. The molecule has 4 bridgehead atoms. The maximum absolute atomic E-state index is 9.80. The normalized spacial score (nSPS) is 41.1. The minimum absolute atomic E-state index is 0.498. The van der Waals surface area contributed by atoms with Crippen LogP contribution in [0.4, 0.5) is 0 Å². The van der Waals surface area contributed by atoms with Crippen molar-refractivity contribution in [3.8, 4) is 0 Å². The molecule has 4 rings (SSSR count). The zero-order chi connectivity index (χ0) is 14.3. The van der Waals surface area contributed by atoms with Gasteiger partial charge in [0.2, 0.25) is 0 Å². The molecule has 20 heavy (non-hydrogen) atoms. The molecule has 0 aromatic heterocycles. The summed E-state index contributed by atoms with van der Waals surface area (Å²) >= 11 is 0. The molecule has 0 aliphatic heterocycles. The van der Waals surface area contributed by atoms with Crippen molar-refractivity contribution in [2.75, 3.05) is 0 Å². The summed E-state index contributed by atoms with van der Waals surface area (Å²) in [6.07, 6.45) is 10.8. The van der Waals surface area contributed by atoms with Gasteiger partial charge in [0.1, 0.15) is 0 Å². The molecule has 116 valence electrons. The summed E-state index contributed by atoms with van der Waals surface area (Å²) < 4.78 is 0. The summed E-state index contributed by atoms with van der Waals surface area (Å²) in [4.78, 5) is 0. The molecule has 2 N–H and O–H groups in total. The predicted octanol–water partition coefficient (Wildman–Crippen LogP) is 3.73. The van der Waals surface area contributed by atoms with Crippen molar-refractivity contribution in [2.45, 2.75) is 89.8 Å². The standard InChI is InChI=1S/C18H33NO/c1-12(5-4-6-18(2,3)20)19-17-15-8-13-7-14(10-15)11-16(17)9-13/h12-17,19-20H,4-11H2,1-3H3. The number of nitrogens with one attached hydrogen (secondary N) is 1. The first-order valence-electron chi connectivity index (χ1n) is 8.89. The molecule has 2 heteroatoms. The SMILES string of the molecule is CC(CCCC(C)(C)O)NC1C2CC3CC(C2)CC1C3. The Balaban J connectivity index is 1.46. The summed E-state index contributed by atoms with van der Waals surface area (Å²) in [5.41, 5.74) is -0.498. The monoisotopic (exact) mass is 279 g/mol. The smallest absolute Gasteiger partial charge is 0.0591 e. The van der Waals surface area contributed by atoms with Gasteiger partial charge in [-0.15, -0.1) is 0 Å². The highest BCUT2D eigenvalue weighted by molar-refractivity contribution is 5.01. The third kappa shape index (κ3) is 3.39. The molecule has 0 aromatic carbocycles. The fourth-order valence-corrected chi connectivity index (χ4v) is 5.45. The first kappa shape index (κ1) is 14.8. The van der Waals surface area contributed by atoms with Crippen LogP contribution < -0.4 is 5.32 Å². The molecule has 0 aromatic rings. The van der Waals surface area contributed by atoms with E-state index in [1.807, 2.05) is 13.8 Å². The third-order valence-electron chi connectivity index (χ3n) is 6.13. The van der Waals surface area contributed by atoms with Crippen LogP contribution in [0.2, 0.25) is 0 Å². The number of hydrogen-bond donors (Lipinski definition) is 2. The van der Waals surface area contributed by atoms with Crippen LogP contribution in [-0.4, -0.2) is 22.8 Å². The van der Waals surface area contributed by atoms with E-state index in [2.05, 4.69) is 12.2 Å². The van der Waals surface area contributed by atoms with Crippen molar-refractivity contribution in [3.63, 3.8) is 0 Å². The van der Waals surface area contributed by atoms with Gasteiger partial charge in [0.25, 0.3) is 0 Å². The molecule has 0 spiro atoms. The van der Waals surface area contributed by atoms with E-state index in [1.54, 1.807) is 6.42 Å². The van der Waals surface area contributed by atoms with Gasteiger partial charge in [-0.3, -0.25) is 0 Å². The van der Waals surface area contributed by atoms with Crippen LogP contribution in [0.25, 0.3) is 0 Å². The zero-order valence-corrected chi connectivity index (χ0v) is 13.6. The van der Waals surface area contributed by atoms with Crippen LogP contribution in [0.3, 0.4) is 0 Å². The second kappa shape index (κ2) is 5.61. The molecule has 0 saturated heterocycles. The van der Waals surface area contributed by atoms with Gasteiger partial charge in [0, 0.05) is 12.1 Å². The first-order chi connectivity index (χ1) is 9.40. The summed E-state index contributed by atoms with van der Waals surface area (Å²) in [5, 5.41) is 13.8. The van der Waals surface area contributed by atoms with Crippen LogP contribution in [0, 0.1) is 23.7 Å². The van der Waals surface area contributed by atoms with Crippen LogP contribution in [0.1, 0.15) is 72.1 Å². The van der Waals surface area contributed by atoms with E-state index in [-0.39, 0.29) is 0 Å². The van der Waals surface area contributed by atoms with Gasteiger partial charge in [-0.05, 0) is 95.8 Å². The van der Waals surface area contributed by atoms with E-state index in [0.717, 1.165) is 42.6 Å². The van der Waals surface area contributed by atoms with E-state index < -0.39 is 5.60 Å². The lowest BCUT2D eigenvalue weighted by Gasteiger charge is -2.55. The third-order valence-corrected chi connectivity index (χ3v) is 6.13. The highest BCUT2D eigenvalue weighted by Crippen LogP contribution is 2.53. The molecule has 0 heterocycles. The van der Waals surface area contributed by atoms with Gasteiger partial charge >= 0.3 is 0 Å². The van der Waals surface area contributed by atoms with Gasteiger partial charge in [-0.1, -0.05) is 0 Å². The van der Waals surface area contributed by atoms with Crippen molar-refractivity contribution >= 4 is 0 Å². The molecule has 2 nitrogen and oxygen atoms in total. The Kier molecular flexibility index (Phi) is 4.16. The molecular formula is C18H33NO. The van der Waals surface area contributed by atoms with Crippen LogP contribution in [0.15, 0.2) is 0 Å². The average Bonchev–Trinajstić information content (AvgIpc) is 2.31. The van der Waals surface area contributed by atoms with Gasteiger partial charge in [0.05, 0.1) is 5.60 Å². The van der Waals surface area contributed by atoms with E-state index in [4.69, 9.17) is 0 Å². The van der Waals surface area contributed by atoms with Crippen molar-refractivity contribution in [2.24, 2.45) is 23.7 Å². The lowest BCUT2D eigenvalue weighted by atomic mass is 9.54. The minimum atomic E-state index is -0.498. The van der Waals surface area contributed by atoms with Crippen molar-refractivity contribution in [1.29, 1.82) is 0 Å². The Morgan fingerprint density at radius 2 is 1.60 bits per heavy atom. The van der Waals surface area contributed by atoms with Crippen LogP contribution in [-0.2, 0) is 0 Å². The molecule has 4 aliphatic carbocycles. The Morgan fingerprint density at radius 1 is 1.05 bits per heavy atom. The van der Waals surface area contributed by atoms with Crippen LogP contribution >= 0.6 is 0 Å². The second-order valence-corrected chi connectivity index (χ2v) is 8.73. The van der Waals surface area contributed by atoms with E-state index in [0.29, 0.717) is 6.04 Å². The predicted molar refractivity (Wildman–Crippen MR) is 83.6 cm³/mol. The van der Waals surface area contributed by atoms with Gasteiger partial charge in [0.15, 0.2) is 0 Å². The highest BCUT2D eigenvalue weighted by Gasteiger charge is 2.48.